The lowest BCUT2D eigenvalue weighted by Gasteiger charge is -2.28. The van der Waals surface area contributed by atoms with Crippen molar-refractivity contribution in [3.63, 3.8) is 0 Å². The SMILES string of the molecule is COCCNC(=O)C(C)(C)COC[C@H](NC(=O)C(C)(C)C)C(F)(F)F. The van der Waals surface area contributed by atoms with Crippen molar-refractivity contribution in [1.29, 1.82) is 0 Å². The molecule has 0 heterocycles. The minimum Gasteiger partial charge on any atom is -0.383 e. The van der Waals surface area contributed by atoms with Crippen molar-refractivity contribution in [2.75, 3.05) is 33.5 Å². The summed E-state index contributed by atoms with van der Waals surface area (Å²) < 4.78 is 49.1. The van der Waals surface area contributed by atoms with Gasteiger partial charge < -0.3 is 20.1 Å². The van der Waals surface area contributed by atoms with Gasteiger partial charge in [-0.1, -0.05) is 20.8 Å². The van der Waals surface area contributed by atoms with Crippen molar-refractivity contribution < 1.29 is 32.2 Å². The summed E-state index contributed by atoms with van der Waals surface area (Å²) in [5, 5.41) is 4.56. The fraction of sp³-hybridized carbons (Fsp3) is 0.875. The summed E-state index contributed by atoms with van der Waals surface area (Å²) in [6, 6.07) is -2.13. The monoisotopic (exact) mass is 370 g/mol. The molecule has 2 N–H and O–H groups in total. The van der Waals surface area contributed by atoms with Crippen LogP contribution in [0.25, 0.3) is 0 Å². The molecular weight excluding hydrogens is 341 g/mol. The molecule has 0 fully saturated rings. The average molecular weight is 370 g/mol. The minimum absolute atomic E-state index is 0.218. The molecule has 148 valence electrons. The van der Waals surface area contributed by atoms with E-state index in [1.807, 2.05) is 5.32 Å². The lowest BCUT2D eigenvalue weighted by molar-refractivity contribution is -0.176. The molecule has 0 saturated carbocycles. The van der Waals surface area contributed by atoms with Gasteiger partial charge in [-0.25, -0.2) is 0 Å². The van der Waals surface area contributed by atoms with Crippen LogP contribution in [-0.2, 0) is 19.1 Å². The number of ether oxygens (including phenoxy) is 2. The van der Waals surface area contributed by atoms with E-state index in [9.17, 15) is 22.8 Å². The zero-order valence-electron chi connectivity index (χ0n) is 15.7. The number of carbonyl (C=O) groups excluding carboxylic acids is 2. The van der Waals surface area contributed by atoms with E-state index < -0.39 is 35.6 Å². The van der Waals surface area contributed by atoms with Crippen LogP contribution in [0.5, 0.6) is 0 Å². The lowest BCUT2D eigenvalue weighted by atomic mass is 9.93. The summed E-state index contributed by atoms with van der Waals surface area (Å²) in [5.74, 6) is -1.08. The predicted molar refractivity (Wildman–Crippen MR) is 86.9 cm³/mol. The van der Waals surface area contributed by atoms with Crippen LogP contribution in [0.15, 0.2) is 0 Å². The molecule has 0 rings (SSSR count). The minimum atomic E-state index is -4.65. The molecule has 2 amide bonds. The highest BCUT2D eigenvalue weighted by Crippen LogP contribution is 2.23. The van der Waals surface area contributed by atoms with Crippen molar-refractivity contribution in [3.05, 3.63) is 0 Å². The Balaban J connectivity index is 4.65. The van der Waals surface area contributed by atoms with Crippen LogP contribution in [-0.4, -0.2) is 57.5 Å². The molecule has 0 spiro atoms. The van der Waals surface area contributed by atoms with Gasteiger partial charge in [0.15, 0.2) is 0 Å². The number of amides is 2. The molecule has 0 unspecified atom stereocenters. The van der Waals surface area contributed by atoms with Gasteiger partial charge in [-0.15, -0.1) is 0 Å². The zero-order valence-corrected chi connectivity index (χ0v) is 15.7. The fourth-order valence-electron chi connectivity index (χ4n) is 1.60. The highest BCUT2D eigenvalue weighted by Gasteiger charge is 2.42. The smallest absolute Gasteiger partial charge is 0.383 e. The van der Waals surface area contributed by atoms with Gasteiger partial charge in [-0.3, -0.25) is 9.59 Å². The second-order valence-electron chi connectivity index (χ2n) is 7.47. The third kappa shape index (κ3) is 9.06. The van der Waals surface area contributed by atoms with Crippen LogP contribution in [0.4, 0.5) is 13.2 Å². The molecule has 6 nitrogen and oxygen atoms in total. The van der Waals surface area contributed by atoms with E-state index in [2.05, 4.69) is 5.32 Å². The molecule has 0 aromatic rings. The van der Waals surface area contributed by atoms with Gasteiger partial charge in [0.1, 0.15) is 6.04 Å². The van der Waals surface area contributed by atoms with Gasteiger partial charge in [-0.2, -0.15) is 13.2 Å². The van der Waals surface area contributed by atoms with Crippen LogP contribution in [0.2, 0.25) is 0 Å². The van der Waals surface area contributed by atoms with E-state index in [0.717, 1.165) is 0 Å². The van der Waals surface area contributed by atoms with Crippen molar-refractivity contribution in [2.45, 2.75) is 46.8 Å². The largest absolute Gasteiger partial charge is 0.410 e. The van der Waals surface area contributed by atoms with E-state index >= 15 is 0 Å². The number of methoxy groups -OCH3 is 1. The first-order valence-corrected chi connectivity index (χ1v) is 7.94. The Morgan fingerprint density at radius 3 is 2.04 bits per heavy atom. The standard InChI is InChI=1S/C16H29F3N2O4/c1-14(2,3)12(22)21-11(16(17,18)19)9-25-10-15(4,5)13(23)20-7-8-24-6/h11H,7-10H2,1-6H3,(H,20,23)(H,21,22)/t11-/m0/s1. The second kappa shape index (κ2) is 9.38. The van der Waals surface area contributed by atoms with Gasteiger partial charge in [0.05, 0.1) is 25.2 Å². The van der Waals surface area contributed by atoms with Crippen molar-refractivity contribution in [3.8, 4) is 0 Å². The third-order valence-electron chi connectivity index (χ3n) is 3.34. The molecule has 0 bridgehead atoms. The first kappa shape index (κ1) is 23.6. The lowest BCUT2D eigenvalue weighted by Crippen LogP contribution is -2.52. The molecule has 0 aliphatic rings. The Morgan fingerprint density at radius 1 is 1.04 bits per heavy atom. The third-order valence-corrected chi connectivity index (χ3v) is 3.34. The summed E-state index contributed by atoms with van der Waals surface area (Å²) in [4.78, 5) is 23.8. The summed E-state index contributed by atoms with van der Waals surface area (Å²) in [6.45, 7) is 7.32. The van der Waals surface area contributed by atoms with E-state index in [-0.39, 0.29) is 12.5 Å². The normalized spacial score (nSPS) is 14.1. The van der Waals surface area contributed by atoms with Gasteiger partial charge in [0.25, 0.3) is 0 Å². The average Bonchev–Trinajstić information content (AvgIpc) is 2.43. The molecule has 0 aliphatic carbocycles. The Morgan fingerprint density at radius 2 is 1.60 bits per heavy atom. The Bertz CT molecular complexity index is 446. The first-order chi connectivity index (χ1) is 11.2. The number of carbonyl (C=O) groups is 2. The van der Waals surface area contributed by atoms with Gasteiger partial charge in [-0.05, 0) is 13.8 Å². The van der Waals surface area contributed by atoms with Gasteiger partial charge >= 0.3 is 6.18 Å². The van der Waals surface area contributed by atoms with Crippen molar-refractivity contribution in [2.24, 2.45) is 10.8 Å². The Kier molecular flexibility index (Phi) is 8.87. The Labute approximate surface area is 146 Å². The zero-order chi connectivity index (χ0) is 19.9. The van der Waals surface area contributed by atoms with Crippen LogP contribution < -0.4 is 10.6 Å². The molecule has 0 aromatic carbocycles. The van der Waals surface area contributed by atoms with E-state index in [1.165, 1.54) is 27.9 Å². The molecule has 0 saturated heterocycles. The summed E-state index contributed by atoms with van der Waals surface area (Å²) in [7, 11) is 1.49. The summed E-state index contributed by atoms with van der Waals surface area (Å²) in [6.07, 6.45) is -4.65. The van der Waals surface area contributed by atoms with Gasteiger partial charge in [0.2, 0.25) is 11.8 Å². The van der Waals surface area contributed by atoms with E-state index in [0.29, 0.717) is 13.2 Å². The fourth-order valence-corrected chi connectivity index (χ4v) is 1.60. The van der Waals surface area contributed by atoms with Gasteiger partial charge in [0, 0.05) is 19.1 Å². The number of rotatable bonds is 9. The van der Waals surface area contributed by atoms with E-state index in [4.69, 9.17) is 9.47 Å². The summed E-state index contributed by atoms with van der Waals surface area (Å²) >= 11 is 0. The summed E-state index contributed by atoms with van der Waals surface area (Å²) in [5.41, 5.74) is -1.97. The highest BCUT2D eigenvalue weighted by atomic mass is 19.4. The topological polar surface area (TPSA) is 76.7 Å². The quantitative estimate of drug-likeness (QED) is 0.608. The second-order valence-corrected chi connectivity index (χ2v) is 7.47. The molecule has 1 atom stereocenters. The van der Waals surface area contributed by atoms with Crippen LogP contribution in [0.1, 0.15) is 34.6 Å². The highest BCUT2D eigenvalue weighted by molar-refractivity contribution is 5.82. The van der Waals surface area contributed by atoms with E-state index in [1.54, 1.807) is 13.8 Å². The van der Waals surface area contributed by atoms with Crippen LogP contribution in [0.3, 0.4) is 0 Å². The predicted octanol–water partition coefficient (Wildman–Crippen LogP) is 1.88. The number of hydrogen-bond donors (Lipinski definition) is 2. The maximum absolute atomic E-state index is 13.1. The number of halogens is 3. The molecular formula is C16H29F3N2O4. The Hall–Kier alpha value is -1.35. The first-order valence-electron chi connectivity index (χ1n) is 7.94. The number of nitrogens with one attached hydrogen (secondary N) is 2. The maximum Gasteiger partial charge on any atom is 0.410 e. The maximum atomic E-state index is 13.1. The molecule has 0 aromatic heterocycles. The van der Waals surface area contributed by atoms with Crippen LogP contribution in [0, 0.1) is 10.8 Å². The number of alkyl halides is 3. The van der Waals surface area contributed by atoms with Crippen molar-refractivity contribution >= 4 is 11.8 Å². The molecule has 25 heavy (non-hydrogen) atoms. The molecule has 0 aliphatic heterocycles. The molecule has 9 heteroatoms. The van der Waals surface area contributed by atoms with Crippen molar-refractivity contribution in [1.82, 2.24) is 10.6 Å². The number of hydrogen-bond acceptors (Lipinski definition) is 4. The van der Waals surface area contributed by atoms with Crippen LogP contribution >= 0.6 is 0 Å². The molecule has 0 radical (unpaired) electrons.